The fraction of sp³-hybridized carbons (Fsp3) is 0.526. The van der Waals surface area contributed by atoms with E-state index in [1.165, 1.54) is 22.9 Å². The molecule has 0 saturated heterocycles. The summed E-state index contributed by atoms with van der Waals surface area (Å²) in [5.74, 6) is 2.10. The highest BCUT2D eigenvalue weighted by atomic mass is 32.2. The van der Waals surface area contributed by atoms with Crippen LogP contribution in [0.25, 0.3) is 0 Å². The van der Waals surface area contributed by atoms with Crippen LogP contribution in [0.5, 0.6) is 0 Å². The Labute approximate surface area is 154 Å². The number of benzene rings is 1. The minimum atomic E-state index is -0.0316. The average molecular weight is 361 g/mol. The monoisotopic (exact) mass is 360 g/mol. The molecule has 1 heterocycles. The number of amides is 1. The third kappa shape index (κ3) is 5.08. The number of anilines is 1. The molecule has 2 aromatic rings. The molecule has 2 rings (SSSR count). The van der Waals surface area contributed by atoms with E-state index >= 15 is 0 Å². The molecule has 136 valence electrons. The standard InChI is InChI=1S/C19H28N4OS/c1-11(2)14-8-7-9-15(12(3)4)17(14)20-16(24)10-25-19-21-18(13(5)6)22-23-19/h7-9,11-13H,10H2,1-6H3,(H,20,24)(H,21,22,23). The summed E-state index contributed by atoms with van der Waals surface area (Å²) in [4.78, 5) is 16.9. The molecule has 6 heteroatoms. The molecule has 5 nitrogen and oxygen atoms in total. The second kappa shape index (κ2) is 8.52. The van der Waals surface area contributed by atoms with Crippen LogP contribution in [0.15, 0.2) is 23.4 Å². The Morgan fingerprint density at radius 1 is 1.08 bits per heavy atom. The van der Waals surface area contributed by atoms with Crippen molar-refractivity contribution in [2.24, 2.45) is 0 Å². The second-order valence-corrected chi connectivity index (χ2v) is 8.06. The van der Waals surface area contributed by atoms with Crippen molar-refractivity contribution in [1.29, 1.82) is 0 Å². The van der Waals surface area contributed by atoms with Crippen LogP contribution in [0, 0.1) is 0 Å². The molecule has 1 aromatic carbocycles. The lowest BCUT2D eigenvalue weighted by Crippen LogP contribution is -2.17. The molecule has 0 saturated carbocycles. The van der Waals surface area contributed by atoms with Crippen molar-refractivity contribution in [3.63, 3.8) is 0 Å². The lowest BCUT2D eigenvalue weighted by molar-refractivity contribution is -0.113. The Bertz CT molecular complexity index is 696. The number of thioether (sulfide) groups is 1. The minimum Gasteiger partial charge on any atom is -0.325 e. The van der Waals surface area contributed by atoms with Crippen LogP contribution in [0.2, 0.25) is 0 Å². The largest absolute Gasteiger partial charge is 0.325 e. The Kier molecular flexibility index (Phi) is 6.64. The number of hydrogen-bond donors (Lipinski definition) is 2. The molecule has 1 aromatic heterocycles. The van der Waals surface area contributed by atoms with Gasteiger partial charge in [-0.1, -0.05) is 71.5 Å². The molecule has 1 amide bonds. The van der Waals surface area contributed by atoms with Gasteiger partial charge in [-0.15, -0.1) is 5.10 Å². The maximum absolute atomic E-state index is 12.5. The number of nitrogens with zero attached hydrogens (tertiary/aromatic N) is 2. The van der Waals surface area contributed by atoms with E-state index < -0.39 is 0 Å². The van der Waals surface area contributed by atoms with Crippen LogP contribution >= 0.6 is 11.8 Å². The van der Waals surface area contributed by atoms with Gasteiger partial charge in [0.1, 0.15) is 5.82 Å². The lowest BCUT2D eigenvalue weighted by Gasteiger charge is -2.20. The fourth-order valence-electron chi connectivity index (χ4n) is 2.58. The number of hydrogen-bond acceptors (Lipinski definition) is 4. The summed E-state index contributed by atoms with van der Waals surface area (Å²) in [6, 6.07) is 6.24. The number of rotatable bonds is 7. The summed E-state index contributed by atoms with van der Waals surface area (Å²) in [5.41, 5.74) is 3.30. The molecule has 0 unspecified atom stereocenters. The van der Waals surface area contributed by atoms with Crippen molar-refractivity contribution in [3.8, 4) is 0 Å². The van der Waals surface area contributed by atoms with E-state index in [9.17, 15) is 4.79 Å². The summed E-state index contributed by atoms with van der Waals surface area (Å²) in [6.07, 6.45) is 0. The number of aromatic amines is 1. The van der Waals surface area contributed by atoms with E-state index in [4.69, 9.17) is 0 Å². The molecule has 0 fully saturated rings. The maximum atomic E-state index is 12.5. The first kappa shape index (κ1) is 19.5. The Hall–Kier alpha value is -1.82. The van der Waals surface area contributed by atoms with Crippen molar-refractivity contribution in [1.82, 2.24) is 15.2 Å². The predicted molar refractivity (Wildman–Crippen MR) is 104 cm³/mol. The number of aromatic nitrogens is 3. The zero-order chi connectivity index (χ0) is 18.6. The predicted octanol–water partition coefficient (Wildman–Crippen LogP) is 4.91. The topological polar surface area (TPSA) is 70.7 Å². The van der Waals surface area contributed by atoms with Crippen LogP contribution in [0.1, 0.15) is 76.2 Å². The first-order valence-corrected chi connectivity index (χ1v) is 9.75. The molecule has 0 aliphatic rings. The highest BCUT2D eigenvalue weighted by molar-refractivity contribution is 7.99. The molecular weight excluding hydrogens is 332 g/mol. The van der Waals surface area contributed by atoms with Crippen molar-refractivity contribution < 1.29 is 4.79 Å². The second-order valence-electron chi connectivity index (χ2n) is 7.12. The fourth-order valence-corrected chi connectivity index (χ4v) is 3.19. The molecule has 0 aliphatic carbocycles. The van der Waals surface area contributed by atoms with Gasteiger partial charge in [0.25, 0.3) is 0 Å². The zero-order valence-corrected chi connectivity index (χ0v) is 16.7. The number of H-pyrrole nitrogens is 1. The van der Waals surface area contributed by atoms with Gasteiger partial charge in [-0.05, 0) is 23.0 Å². The summed E-state index contributed by atoms with van der Waals surface area (Å²) in [6.45, 7) is 12.7. The van der Waals surface area contributed by atoms with Crippen molar-refractivity contribution >= 4 is 23.4 Å². The van der Waals surface area contributed by atoms with E-state index in [0.29, 0.717) is 28.7 Å². The molecule has 0 atom stereocenters. The minimum absolute atomic E-state index is 0.0316. The Morgan fingerprint density at radius 3 is 2.16 bits per heavy atom. The Morgan fingerprint density at radius 2 is 1.68 bits per heavy atom. The average Bonchev–Trinajstić information content (AvgIpc) is 3.02. The molecule has 0 aliphatic heterocycles. The van der Waals surface area contributed by atoms with Gasteiger partial charge >= 0.3 is 0 Å². The maximum Gasteiger partial charge on any atom is 0.234 e. The summed E-state index contributed by atoms with van der Waals surface area (Å²) >= 11 is 1.35. The van der Waals surface area contributed by atoms with E-state index in [2.05, 4.69) is 80.2 Å². The van der Waals surface area contributed by atoms with Crippen molar-refractivity contribution in [2.75, 3.05) is 11.1 Å². The SMILES string of the molecule is CC(C)c1nc(SCC(=O)Nc2c(C(C)C)cccc2C(C)C)n[nH]1. The van der Waals surface area contributed by atoms with Gasteiger partial charge in [-0.2, -0.15) is 0 Å². The molecule has 25 heavy (non-hydrogen) atoms. The quantitative estimate of drug-likeness (QED) is 0.689. The number of carbonyl (C=O) groups excluding carboxylic acids is 1. The normalized spacial score (nSPS) is 11.6. The van der Waals surface area contributed by atoms with E-state index in [1.54, 1.807) is 0 Å². The van der Waals surface area contributed by atoms with Gasteiger partial charge in [-0.25, -0.2) is 4.98 Å². The molecule has 0 radical (unpaired) electrons. The number of carbonyl (C=O) groups is 1. The van der Waals surface area contributed by atoms with Gasteiger partial charge in [-0.3, -0.25) is 9.89 Å². The number of para-hydroxylation sites is 1. The van der Waals surface area contributed by atoms with Gasteiger partial charge in [0.05, 0.1) is 5.75 Å². The van der Waals surface area contributed by atoms with Crippen molar-refractivity contribution in [2.45, 2.75) is 64.5 Å². The Balaban J connectivity index is 2.09. The first-order chi connectivity index (χ1) is 11.8. The van der Waals surface area contributed by atoms with E-state index in [-0.39, 0.29) is 5.91 Å². The van der Waals surface area contributed by atoms with Crippen molar-refractivity contribution in [3.05, 3.63) is 35.2 Å². The van der Waals surface area contributed by atoms with Gasteiger partial charge in [0, 0.05) is 11.6 Å². The summed E-state index contributed by atoms with van der Waals surface area (Å²) in [5, 5.41) is 10.8. The van der Waals surface area contributed by atoms with E-state index in [0.717, 1.165) is 11.5 Å². The third-order valence-corrected chi connectivity index (χ3v) is 4.85. The molecule has 0 bridgehead atoms. The number of nitrogens with one attached hydrogen (secondary N) is 2. The third-order valence-electron chi connectivity index (χ3n) is 4.00. The molecular formula is C19H28N4OS. The van der Waals surface area contributed by atoms with Crippen LogP contribution in [-0.2, 0) is 4.79 Å². The highest BCUT2D eigenvalue weighted by Gasteiger charge is 2.16. The highest BCUT2D eigenvalue weighted by Crippen LogP contribution is 2.32. The molecule has 2 N–H and O–H groups in total. The van der Waals surface area contributed by atoms with Crippen LogP contribution < -0.4 is 5.32 Å². The van der Waals surface area contributed by atoms with Crippen LogP contribution in [-0.4, -0.2) is 26.8 Å². The lowest BCUT2D eigenvalue weighted by atomic mass is 9.92. The van der Waals surface area contributed by atoms with Gasteiger partial charge in [0.2, 0.25) is 11.1 Å². The first-order valence-electron chi connectivity index (χ1n) is 8.77. The zero-order valence-electron chi connectivity index (χ0n) is 15.9. The van der Waals surface area contributed by atoms with Crippen LogP contribution in [0.4, 0.5) is 5.69 Å². The molecule has 0 spiro atoms. The summed E-state index contributed by atoms with van der Waals surface area (Å²) < 4.78 is 0. The summed E-state index contributed by atoms with van der Waals surface area (Å²) in [7, 11) is 0. The van der Waals surface area contributed by atoms with Crippen LogP contribution in [0.3, 0.4) is 0 Å². The smallest absolute Gasteiger partial charge is 0.234 e. The van der Waals surface area contributed by atoms with Gasteiger partial charge < -0.3 is 5.32 Å². The van der Waals surface area contributed by atoms with Gasteiger partial charge in [0.15, 0.2) is 0 Å². The van der Waals surface area contributed by atoms with E-state index in [1.807, 2.05) is 0 Å².